The lowest BCUT2D eigenvalue weighted by Gasteiger charge is -2.16. The molecule has 0 bridgehead atoms. The summed E-state index contributed by atoms with van der Waals surface area (Å²) in [6, 6.07) is 0. The van der Waals surface area contributed by atoms with Gasteiger partial charge >= 0.3 is 0 Å². The fourth-order valence-corrected chi connectivity index (χ4v) is 4.58. The molecular weight excluding hydrogens is 360 g/mol. The molecule has 0 aromatic rings. The maximum atomic E-state index is 3.40. The highest BCUT2D eigenvalue weighted by Gasteiger charge is 2.07. The minimum absolute atomic E-state index is 1.01. The van der Waals surface area contributed by atoms with Crippen molar-refractivity contribution >= 4 is 0 Å². The molecule has 0 rings (SSSR count). The van der Waals surface area contributed by atoms with Crippen LogP contribution in [-0.4, -0.2) is 0 Å². The van der Waals surface area contributed by atoms with Crippen LogP contribution in [0.1, 0.15) is 175 Å². The largest absolute Gasteiger partial charge is 0.103 e. The van der Waals surface area contributed by atoms with Crippen LogP contribution in [0, 0.1) is 17.8 Å². The summed E-state index contributed by atoms with van der Waals surface area (Å²) in [5, 5.41) is 0. The third-order valence-electron chi connectivity index (χ3n) is 6.61. The second-order valence-electron chi connectivity index (χ2n) is 9.74. The molecular formula is C30H58. The molecule has 0 saturated carbocycles. The molecule has 0 heteroatoms. The summed E-state index contributed by atoms with van der Waals surface area (Å²) in [4.78, 5) is 0. The lowest BCUT2D eigenvalue weighted by atomic mass is 9.90. The Kier molecular flexibility index (Phi) is 26.2. The summed E-state index contributed by atoms with van der Waals surface area (Å²) < 4.78 is 0. The van der Waals surface area contributed by atoms with Gasteiger partial charge in [-0.2, -0.15) is 0 Å². The first-order valence-corrected chi connectivity index (χ1v) is 14.3. The first-order valence-electron chi connectivity index (χ1n) is 14.3. The van der Waals surface area contributed by atoms with Crippen LogP contribution < -0.4 is 0 Å². The summed E-state index contributed by atoms with van der Waals surface area (Å²) in [7, 11) is 0. The molecule has 0 aromatic carbocycles. The zero-order valence-electron chi connectivity index (χ0n) is 21.5. The normalized spacial score (nSPS) is 12.0. The standard InChI is InChI=1S/C30H58/c1-4-7-9-11-13-15-16-17-18-20-22-24-26-29-30(27-6-3)28-25-23-21-19-14-12-10-8-5-2/h30H,4-15,18-29H2,1-3H3. The van der Waals surface area contributed by atoms with Gasteiger partial charge in [0.1, 0.15) is 0 Å². The Morgan fingerprint density at radius 2 is 0.733 bits per heavy atom. The molecule has 0 amide bonds. The Balaban J connectivity index is 3.48. The topological polar surface area (TPSA) is 0 Å². The van der Waals surface area contributed by atoms with Crippen molar-refractivity contribution in [2.45, 2.75) is 175 Å². The van der Waals surface area contributed by atoms with Crippen LogP contribution in [0.25, 0.3) is 0 Å². The van der Waals surface area contributed by atoms with Gasteiger partial charge in [0.15, 0.2) is 0 Å². The molecule has 0 fully saturated rings. The van der Waals surface area contributed by atoms with Gasteiger partial charge in [-0.05, 0) is 18.8 Å². The molecule has 0 N–H and O–H groups in total. The molecule has 178 valence electrons. The van der Waals surface area contributed by atoms with E-state index in [1.165, 1.54) is 141 Å². The van der Waals surface area contributed by atoms with E-state index in [2.05, 4.69) is 32.6 Å². The SMILES string of the molecule is CCCCCCCC#CCCCCCCC(CCC)CCCCCCCCCCC. The van der Waals surface area contributed by atoms with Crippen molar-refractivity contribution in [1.82, 2.24) is 0 Å². The molecule has 1 unspecified atom stereocenters. The van der Waals surface area contributed by atoms with Crippen molar-refractivity contribution in [3.8, 4) is 11.8 Å². The zero-order valence-corrected chi connectivity index (χ0v) is 21.5. The minimum Gasteiger partial charge on any atom is -0.103 e. The first kappa shape index (κ1) is 29.6. The molecule has 0 nitrogen and oxygen atoms in total. The molecule has 0 aromatic heterocycles. The maximum Gasteiger partial charge on any atom is 0.00886 e. The number of hydrogen-bond donors (Lipinski definition) is 0. The Morgan fingerprint density at radius 1 is 0.367 bits per heavy atom. The van der Waals surface area contributed by atoms with Crippen molar-refractivity contribution in [2.24, 2.45) is 5.92 Å². The molecule has 0 heterocycles. The van der Waals surface area contributed by atoms with E-state index in [9.17, 15) is 0 Å². The fourth-order valence-electron chi connectivity index (χ4n) is 4.58. The van der Waals surface area contributed by atoms with Crippen LogP contribution in [-0.2, 0) is 0 Å². The van der Waals surface area contributed by atoms with E-state index in [1.54, 1.807) is 0 Å². The summed E-state index contributed by atoms with van der Waals surface area (Å²) in [5.74, 6) is 7.80. The Morgan fingerprint density at radius 3 is 1.13 bits per heavy atom. The van der Waals surface area contributed by atoms with Crippen LogP contribution in [0.5, 0.6) is 0 Å². The third kappa shape index (κ3) is 23.8. The predicted molar refractivity (Wildman–Crippen MR) is 139 cm³/mol. The van der Waals surface area contributed by atoms with E-state index in [4.69, 9.17) is 0 Å². The molecule has 30 heavy (non-hydrogen) atoms. The van der Waals surface area contributed by atoms with Gasteiger partial charge in [0.05, 0.1) is 0 Å². The van der Waals surface area contributed by atoms with Crippen LogP contribution in [0.4, 0.5) is 0 Å². The maximum absolute atomic E-state index is 3.40. The molecule has 1 atom stereocenters. The summed E-state index contributed by atoms with van der Waals surface area (Å²) in [6.45, 7) is 6.95. The lowest BCUT2D eigenvalue weighted by Crippen LogP contribution is -2.00. The Hall–Kier alpha value is -0.440. The number of unbranched alkanes of at least 4 members (excludes halogenated alkanes) is 17. The third-order valence-corrected chi connectivity index (χ3v) is 6.61. The van der Waals surface area contributed by atoms with Gasteiger partial charge in [0.25, 0.3) is 0 Å². The van der Waals surface area contributed by atoms with Crippen LogP contribution in [0.2, 0.25) is 0 Å². The average Bonchev–Trinajstić information content (AvgIpc) is 2.75. The quantitative estimate of drug-likeness (QED) is 0.114. The van der Waals surface area contributed by atoms with E-state index in [0.29, 0.717) is 0 Å². The van der Waals surface area contributed by atoms with Crippen LogP contribution in [0.3, 0.4) is 0 Å². The zero-order chi connectivity index (χ0) is 22.0. The number of hydrogen-bond acceptors (Lipinski definition) is 0. The van der Waals surface area contributed by atoms with Crippen LogP contribution >= 0.6 is 0 Å². The van der Waals surface area contributed by atoms with Crippen molar-refractivity contribution < 1.29 is 0 Å². The second-order valence-corrected chi connectivity index (χ2v) is 9.74. The molecule has 0 aliphatic carbocycles. The van der Waals surface area contributed by atoms with Crippen molar-refractivity contribution in [2.75, 3.05) is 0 Å². The van der Waals surface area contributed by atoms with E-state index in [1.807, 2.05) is 0 Å². The van der Waals surface area contributed by atoms with Gasteiger partial charge in [0, 0.05) is 12.8 Å². The molecule has 0 aliphatic heterocycles. The lowest BCUT2D eigenvalue weighted by molar-refractivity contribution is 0.378. The summed E-state index contributed by atoms with van der Waals surface area (Å²) in [5.41, 5.74) is 0. The van der Waals surface area contributed by atoms with E-state index in [0.717, 1.165) is 18.8 Å². The molecule has 0 spiro atoms. The van der Waals surface area contributed by atoms with Crippen molar-refractivity contribution in [3.63, 3.8) is 0 Å². The summed E-state index contributed by atoms with van der Waals surface area (Å²) >= 11 is 0. The van der Waals surface area contributed by atoms with Gasteiger partial charge in [-0.1, -0.05) is 149 Å². The van der Waals surface area contributed by atoms with Gasteiger partial charge in [-0.3, -0.25) is 0 Å². The predicted octanol–water partition coefficient (Wildman–Crippen LogP) is 11.0. The van der Waals surface area contributed by atoms with Gasteiger partial charge < -0.3 is 0 Å². The number of rotatable bonds is 23. The molecule has 0 aliphatic rings. The monoisotopic (exact) mass is 418 g/mol. The Labute approximate surface area is 192 Å². The smallest absolute Gasteiger partial charge is 0.00886 e. The highest BCUT2D eigenvalue weighted by atomic mass is 14.1. The minimum atomic E-state index is 1.01. The van der Waals surface area contributed by atoms with E-state index < -0.39 is 0 Å². The van der Waals surface area contributed by atoms with Crippen LogP contribution in [0.15, 0.2) is 0 Å². The van der Waals surface area contributed by atoms with E-state index >= 15 is 0 Å². The van der Waals surface area contributed by atoms with E-state index in [-0.39, 0.29) is 0 Å². The van der Waals surface area contributed by atoms with Gasteiger partial charge in [-0.25, -0.2) is 0 Å². The highest BCUT2D eigenvalue weighted by Crippen LogP contribution is 2.23. The summed E-state index contributed by atoms with van der Waals surface area (Å²) in [6.07, 6.45) is 33.6. The van der Waals surface area contributed by atoms with Crippen molar-refractivity contribution in [3.05, 3.63) is 0 Å². The first-order chi connectivity index (χ1) is 14.8. The van der Waals surface area contributed by atoms with Gasteiger partial charge in [0.2, 0.25) is 0 Å². The highest BCUT2D eigenvalue weighted by molar-refractivity contribution is 4.98. The van der Waals surface area contributed by atoms with Gasteiger partial charge in [-0.15, -0.1) is 11.8 Å². The Bertz CT molecular complexity index is 358. The fraction of sp³-hybridized carbons (Fsp3) is 0.933. The molecule has 0 radical (unpaired) electrons. The molecule has 0 saturated heterocycles. The average molecular weight is 419 g/mol. The van der Waals surface area contributed by atoms with Crippen molar-refractivity contribution in [1.29, 1.82) is 0 Å². The second kappa shape index (κ2) is 26.6.